The molecule has 116 valence electrons. The molecule has 2 atom stereocenters. The highest BCUT2D eigenvalue weighted by Crippen LogP contribution is 2.16. The highest BCUT2D eigenvalue weighted by molar-refractivity contribution is 5.68. The van der Waals surface area contributed by atoms with Gasteiger partial charge >= 0.3 is 6.09 Å². The third-order valence-corrected chi connectivity index (χ3v) is 3.60. The first-order valence-corrected chi connectivity index (χ1v) is 7.62. The molecular weight excluding hydrogens is 264 g/mol. The zero-order chi connectivity index (χ0) is 15.5. The van der Waals surface area contributed by atoms with E-state index < -0.39 is 5.60 Å². The number of benzene rings is 1. The van der Waals surface area contributed by atoms with Crippen molar-refractivity contribution < 1.29 is 9.53 Å². The van der Waals surface area contributed by atoms with Gasteiger partial charge in [-0.3, -0.25) is 0 Å². The lowest BCUT2D eigenvalue weighted by molar-refractivity contribution is 0.00967. The van der Waals surface area contributed by atoms with Crippen molar-refractivity contribution in [3.8, 4) is 0 Å². The first-order valence-electron chi connectivity index (χ1n) is 7.62. The average molecular weight is 290 g/mol. The van der Waals surface area contributed by atoms with E-state index in [2.05, 4.69) is 24.4 Å². The van der Waals surface area contributed by atoms with Gasteiger partial charge in [-0.25, -0.2) is 4.79 Å². The Morgan fingerprint density at radius 2 is 2.00 bits per heavy atom. The third-order valence-electron chi connectivity index (χ3n) is 3.60. The first kappa shape index (κ1) is 15.8. The van der Waals surface area contributed by atoms with Crippen molar-refractivity contribution in [2.45, 2.75) is 51.8 Å². The lowest BCUT2D eigenvalue weighted by atomic mass is 10.0. The minimum absolute atomic E-state index is 0.159. The minimum Gasteiger partial charge on any atom is -0.444 e. The number of ether oxygens (including phenoxy) is 1. The van der Waals surface area contributed by atoms with Gasteiger partial charge in [-0.1, -0.05) is 30.3 Å². The monoisotopic (exact) mass is 290 g/mol. The van der Waals surface area contributed by atoms with Gasteiger partial charge in [-0.2, -0.15) is 0 Å². The summed E-state index contributed by atoms with van der Waals surface area (Å²) in [6, 6.07) is 10.8. The predicted molar refractivity (Wildman–Crippen MR) is 84.3 cm³/mol. The summed E-state index contributed by atoms with van der Waals surface area (Å²) in [5.74, 6) is 0. The molecule has 4 heteroatoms. The fraction of sp³-hybridized carbons (Fsp3) is 0.588. The minimum atomic E-state index is -0.448. The van der Waals surface area contributed by atoms with Crippen LogP contribution in [0.4, 0.5) is 4.79 Å². The van der Waals surface area contributed by atoms with Gasteiger partial charge in [0.25, 0.3) is 0 Å². The quantitative estimate of drug-likeness (QED) is 0.910. The van der Waals surface area contributed by atoms with E-state index in [9.17, 15) is 4.79 Å². The van der Waals surface area contributed by atoms with Gasteiger partial charge in [0, 0.05) is 25.2 Å². The summed E-state index contributed by atoms with van der Waals surface area (Å²) < 4.78 is 5.51. The summed E-state index contributed by atoms with van der Waals surface area (Å²) in [6.45, 7) is 9.25. The molecule has 1 saturated heterocycles. The highest BCUT2D eigenvalue weighted by atomic mass is 16.6. The summed E-state index contributed by atoms with van der Waals surface area (Å²) in [4.78, 5) is 14.1. The van der Waals surface area contributed by atoms with Crippen LogP contribution >= 0.6 is 0 Å². The zero-order valence-corrected chi connectivity index (χ0v) is 13.4. The number of nitrogens with one attached hydrogen (secondary N) is 1. The molecule has 0 bridgehead atoms. The second kappa shape index (κ2) is 6.48. The first-order chi connectivity index (χ1) is 9.85. The van der Waals surface area contributed by atoms with Gasteiger partial charge in [0.15, 0.2) is 0 Å². The van der Waals surface area contributed by atoms with Crippen LogP contribution in [0.15, 0.2) is 30.3 Å². The SMILES string of the molecule is C[C@H]1CN[C@@H](Cc2ccccc2)CN1C(=O)OC(C)(C)C. The van der Waals surface area contributed by atoms with Gasteiger partial charge in [-0.15, -0.1) is 0 Å². The molecule has 0 radical (unpaired) electrons. The molecule has 1 fully saturated rings. The average Bonchev–Trinajstić information content (AvgIpc) is 2.40. The Morgan fingerprint density at radius 1 is 1.33 bits per heavy atom. The van der Waals surface area contributed by atoms with E-state index in [1.54, 1.807) is 0 Å². The molecule has 1 amide bonds. The number of hydrogen-bond donors (Lipinski definition) is 1. The van der Waals surface area contributed by atoms with E-state index in [0.29, 0.717) is 6.54 Å². The maximum absolute atomic E-state index is 12.3. The normalized spacial score (nSPS) is 23.0. The number of amides is 1. The van der Waals surface area contributed by atoms with Gasteiger partial charge in [0.05, 0.1) is 0 Å². The van der Waals surface area contributed by atoms with Crippen molar-refractivity contribution in [1.82, 2.24) is 10.2 Å². The van der Waals surface area contributed by atoms with Crippen LogP contribution in [0.25, 0.3) is 0 Å². The summed E-state index contributed by atoms with van der Waals surface area (Å²) in [7, 11) is 0. The molecule has 2 rings (SSSR count). The standard InChI is InChI=1S/C17H26N2O2/c1-13-11-18-15(10-14-8-6-5-7-9-14)12-19(13)16(20)21-17(2,3)4/h5-9,13,15,18H,10-12H2,1-4H3/t13-,15-/m0/s1. The molecule has 1 aromatic carbocycles. The van der Waals surface area contributed by atoms with Crippen molar-refractivity contribution in [3.63, 3.8) is 0 Å². The lowest BCUT2D eigenvalue weighted by Gasteiger charge is -2.39. The number of piperazine rings is 1. The Kier molecular flexibility index (Phi) is 4.88. The van der Waals surface area contributed by atoms with Crippen molar-refractivity contribution in [2.75, 3.05) is 13.1 Å². The van der Waals surface area contributed by atoms with Crippen LogP contribution in [0.2, 0.25) is 0 Å². The molecule has 1 N–H and O–H groups in total. The van der Waals surface area contributed by atoms with Crippen molar-refractivity contribution in [3.05, 3.63) is 35.9 Å². The van der Waals surface area contributed by atoms with Gasteiger partial charge in [-0.05, 0) is 39.7 Å². The Labute approximate surface area is 127 Å². The fourth-order valence-electron chi connectivity index (χ4n) is 2.54. The van der Waals surface area contributed by atoms with E-state index in [1.807, 2.05) is 43.9 Å². The Morgan fingerprint density at radius 3 is 2.62 bits per heavy atom. The summed E-state index contributed by atoms with van der Waals surface area (Å²) in [6.07, 6.45) is 0.710. The largest absolute Gasteiger partial charge is 0.444 e. The predicted octanol–water partition coefficient (Wildman–Crippen LogP) is 2.83. The topological polar surface area (TPSA) is 41.6 Å². The smallest absolute Gasteiger partial charge is 0.410 e. The number of hydrogen-bond acceptors (Lipinski definition) is 3. The lowest BCUT2D eigenvalue weighted by Crippen LogP contribution is -2.58. The van der Waals surface area contributed by atoms with Crippen molar-refractivity contribution in [1.29, 1.82) is 0 Å². The molecule has 1 heterocycles. The molecule has 21 heavy (non-hydrogen) atoms. The molecule has 1 aromatic rings. The number of rotatable bonds is 2. The van der Waals surface area contributed by atoms with Crippen LogP contribution in [0.1, 0.15) is 33.3 Å². The van der Waals surface area contributed by atoms with Crippen LogP contribution < -0.4 is 5.32 Å². The molecule has 1 aliphatic rings. The van der Waals surface area contributed by atoms with Crippen molar-refractivity contribution in [2.24, 2.45) is 0 Å². The number of carbonyl (C=O) groups is 1. The maximum Gasteiger partial charge on any atom is 0.410 e. The summed E-state index contributed by atoms with van der Waals surface area (Å²) in [5, 5.41) is 3.52. The summed E-state index contributed by atoms with van der Waals surface area (Å²) >= 11 is 0. The maximum atomic E-state index is 12.3. The summed E-state index contributed by atoms with van der Waals surface area (Å²) in [5.41, 5.74) is 0.838. The van der Waals surface area contributed by atoms with Crippen LogP contribution in [0.5, 0.6) is 0 Å². The van der Waals surface area contributed by atoms with E-state index in [0.717, 1.165) is 13.0 Å². The van der Waals surface area contributed by atoms with E-state index in [4.69, 9.17) is 4.74 Å². The van der Waals surface area contributed by atoms with Gasteiger partial charge < -0.3 is 15.0 Å². The molecular formula is C17H26N2O2. The Hall–Kier alpha value is -1.55. The Bertz CT molecular complexity index is 467. The van der Waals surface area contributed by atoms with E-state index in [-0.39, 0.29) is 18.2 Å². The molecule has 0 spiro atoms. The molecule has 0 aromatic heterocycles. The molecule has 0 aliphatic carbocycles. The number of nitrogens with zero attached hydrogens (tertiary/aromatic N) is 1. The van der Waals surface area contributed by atoms with Crippen LogP contribution in [-0.4, -0.2) is 41.8 Å². The van der Waals surface area contributed by atoms with Crippen LogP contribution in [-0.2, 0) is 11.2 Å². The second-order valence-corrected chi connectivity index (χ2v) is 6.78. The molecule has 4 nitrogen and oxygen atoms in total. The van der Waals surface area contributed by atoms with Gasteiger partial charge in [0.1, 0.15) is 5.60 Å². The fourth-order valence-corrected chi connectivity index (χ4v) is 2.54. The van der Waals surface area contributed by atoms with E-state index >= 15 is 0 Å². The van der Waals surface area contributed by atoms with Gasteiger partial charge in [0.2, 0.25) is 0 Å². The van der Waals surface area contributed by atoms with Crippen LogP contribution in [0, 0.1) is 0 Å². The van der Waals surface area contributed by atoms with Crippen molar-refractivity contribution >= 4 is 6.09 Å². The van der Waals surface area contributed by atoms with E-state index in [1.165, 1.54) is 5.56 Å². The highest BCUT2D eigenvalue weighted by Gasteiger charge is 2.31. The molecule has 1 aliphatic heterocycles. The second-order valence-electron chi connectivity index (χ2n) is 6.78. The third kappa shape index (κ3) is 4.74. The zero-order valence-electron chi connectivity index (χ0n) is 13.4. The molecule has 0 unspecified atom stereocenters. The Balaban J connectivity index is 1.97. The number of carbonyl (C=O) groups excluding carboxylic acids is 1. The molecule has 0 saturated carbocycles. The van der Waals surface area contributed by atoms with Crippen LogP contribution in [0.3, 0.4) is 0 Å².